The van der Waals surface area contributed by atoms with Gasteiger partial charge in [0.25, 0.3) is 0 Å². The number of piperidine rings is 1. The molecule has 0 spiro atoms. The molecule has 2 amide bonds. The standard InChI is InChI=1S/C16H28N2O3/c1-4-16(7-8-16)11-17-14(21)18-9-5-6-12(10-18)15(2,3)13(19)20/h12H,4-11H2,1-3H3,(H,17,21)(H,19,20). The lowest BCUT2D eigenvalue weighted by molar-refractivity contribution is -0.151. The average molecular weight is 296 g/mol. The van der Waals surface area contributed by atoms with Crippen molar-refractivity contribution < 1.29 is 14.7 Å². The molecule has 2 fully saturated rings. The summed E-state index contributed by atoms with van der Waals surface area (Å²) in [6.07, 6.45) is 5.29. The fraction of sp³-hybridized carbons (Fsp3) is 0.875. The van der Waals surface area contributed by atoms with Gasteiger partial charge in [-0.1, -0.05) is 6.92 Å². The quantitative estimate of drug-likeness (QED) is 0.819. The molecular weight excluding hydrogens is 268 g/mol. The summed E-state index contributed by atoms with van der Waals surface area (Å²) < 4.78 is 0. The van der Waals surface area contributed by atoms with Gasteiger partial charge in [0.1, 0.15) is 0 Å². The Morgan fingerprint density at radius 3 is 2.57 bits per heavy atom. The first kappa shape index (κ1) is 16.1. The Morgan fingerprint density at radius 2 is 2.05 bits per heavy atom. The number of hydrogen-bond acceptors (Lipinski definition) is 2. The summed E-state index contributed by atoms with van der Waals surface area (Å²) in [6.45, 7) is 7.73. The predicted molar refractivity (Wildman–Crippen MR) is 81.1 cm³/mol. The molecule has 2 aliphatic rings. The van der Waals surface area contributed by atoms with E-state index in [1.54, 1.807) is 18.7 Å². The number of carboxylic acid groups (broad SMARTS) is 1. The van der Waals surface area contributed by atoms with Crippen LogP contribution in [0.4, 0.5) is 4.79 Å². The highest BCUT2D eigenvalue weighted by Gasteiger charge is 2.42. The summed E-state index contributed by atoms with van der Waals surface area (Å²) in [4.78, 5) is 25.5. The highest BCUT2D eigenvalue weighted by molar-refractivity contribution is 5.76. The van der Waals surface area contributed by atoms with E-state index in [4.69, 9.17) is 0 Å². The van der Waals surface area contributed by atoms with Crippen molar-refractivity contribution in [3.05, 3.63) is 0 Å². The summed E-state index contributed by atoms with van der Waals surface area (Å²) in [6, 6.07) is -0.0272. The van der Waals surface area contributed by atoms with Gasteiger partial charge in [0.15, 0.2) is 0 Å². The number of carboxylic acids is 1. The van der Waals surface area contributed by atoms with Crippen LogP contribution in [0, 0.1) is 16.7 Å². The Balaban J connectivity index is 1.88. The van der Waals surface area contributed by atoms with Crippen LogP contribution >= 0.6 is 0 Å². The maximum absolute atomic E-state index is 12.3. The molecular formula is C16H28N2O3. The lowest BCUT2D eigenvalue weighted by Crippen LogP contribution is -2.50. The van der Waals surface area contributed by atoms with E-state index < -0.39 is 11.4 Å². The molecule has 5 heteroatoms. The van der Waals surface area contributed by atoms with Crippen LogP contribution in [-0.4, -0.2) is 41.6 Å². The second kappa shape index (κ2) is 5.85. The second-order valence-electron chi connectivity index (χ2n) is 7.32. The van der Waals surface area contributed by atoms with Gasteiger partial charge in [-0.2, -0.15) is 0 Å². The Morgan fingerprint density at radius 1 is 1.38 bits per heavy atom. The van der Waals surface area contributed by atoms with Crippen LogP contribution < -0.4 is 5.32 Å². The van der Waals surface area contributed by atoms with Gasteiger partial charge in [-0.25, -0.2) is 4.79 Å². The molecule has 1 heterocycles. The molecule has 1 aliphatic carbocycles. The zero-order valence-corrected chi connectivity index (χ0v) is 13.4. The molecule has 2 N–H and O–H groups in total. The van der Waals surface area contributed by atoms with E-state index in [-0.39, 0.29) is 11.9 Å². The highest BCUT2D eigenvalue weighted by atomic mass is 16.4. The minimum atomic E-state index is -0.780. The van der Waals surface area contributed by atoms with Crippen molar-refractivity contribution in [2.45, 2.75) is 52.9 Å². The van der Waals surface area contributed by atoms with Gasteiger partial charge in [0.2, 0.25) is 0 Å². The van der Waals surface area contributed by atoms with Crippen LogP contribution in [0.3, 0.4) is 0 Å². The first-order valence-electron chi connectivity index (χ1n) is 8.07. The van der Waals surface area contributed by atoms with E-state index in [1.807, 2.05) is 0 Å². The SMILES string of the molecule is CCC1(CNC(=O)N2CCCC(C(C)(C)C(=O)O)C2)CC1. The Hall–Kier alpha value is -1.26. The molecule has 1 saturated heterocycles. The lowest BCUT2D eigenvalue weighted by Gasteiger charge is -2.39. The van der Waals surface area contributed by atoms with E-state index in [1.165, 1.54) is 12.8 Å². The number of carbonyl (C=O) groups excluding carboxylic acids is 1. The van der Waals surface area contributed by atoms with E-state index in [0.717, 1.165) is 32.4 Å². The van der Waals surface area contributed by atoms with Gasteiger partial charge in [-0.05, 0) is 57.3 Å². The zero-order valence-electron chi connectivity index (χ0n) is 13.4. The third-order valence-corrected chi connectivity index (χ3v) is 5.60. The third-order valence-electron chi connectivity index (χ3n) is 5.60. The van der Waals surface area contributed by atoms with Crippen LogP contribution in [0.5, 0.6) is 0 Å². The van der Waals surface area contributed by atoms with E-state index in [9.17, 15) is 14.7 Å². The molecule has 5 nitrogen and oxygen atoms in total. The van der Waals surface area contributed by atoms with Crippen LogP contribution in [0.1, 0.15) is 52.9 Å². The molecule has 1 atom stereocenters. The smallest absolute Gasteiger partial charge is 0.317 e. The number of hydrogen-bond donors (Lipinski definition) is 2. The van der Waals surface area contributed by atoms with Crippen molar-refractivity contribution in [3.63, 3.8) is 0 Å². The normalized spacial score (nSPS) is 24.5. The number of urea groups is 1. The molecule has 0 aromatic carbocycles. The summed E-state index contributed by atoms with van der Waals surface area (Å²) >= 11 is 0. The summed E-state index contributed by atoms with van der Waals surface area (Å²) in [5, 5.41) is 12.4. The molecule has 0 aromatic heterocycles. The van der Waals surface area contributed by atoms with Crippen LogP contribution in [0.2, 0.25) is 0 Å². The van der Waals surface area contributed by atoms with Gasteiger partial charge >= 0.3 is 12.0 Å². The minimum absolute atomic E-state index is 0.0237. The van der Waals surface area contributed by atoms with Crippen molar-refractivity contribution in [1.82, 2.24) is 10.2 Å². The number of carbonyl (C=O) groups is 2. The molecule has 0 bridgehead atoms. The Kier molecular flexibility index (Phi) is 4.49. The number of likely N-dealkylation sites (tertiary alicyclic amines) is 1. The van der Waals surface area contributed by atoms with Gasteiger partial charge in [-0.3, -0.25) is 4.79 Å². The van der Waals surface area contributed by atoms with Crippen molar-refractivity contribution in [2.75, 3.05) is 19.6 Å². The minimum Gasteiger partial charge on any atom is -0.481 e. The molecule has 1 aliphatic heterocycles. The lowest BCUT2D eigenvalue weighted by atomic mass is 9.74. The number of amides is 2. The Labute approximate surface area is 127 Å². The molecule has 0 aromatic rings. The third kappa shape index (κ3) is 3.50. The van der Waals surface area contributed by atoms with Gasteiger partial charge in [0.05, 0.1) is 5.41 Å². The van der Waals surface area contributed by atoms with E-state index in [0.29, 0.717) is 12.0 Å². The summed E-state index contributed by atoms with van der Waals surface area (Å²) in [5.41, 5.74) is -0.439. The first-order chi connectivity index (χ1) is 9.81. The van der Waals surface area contributed by atoms with Crippen LogP contribution in [0.25, 0.3) is 0 Å². The fourth-order valence-corrected chi connectivity index (χ4v) is 3.13. The van der Waals surface area contributed by atoms with Crippen molar-refractivity contribution in [1.29, 1.82) is 0 Å². The summed E-state index contributed by atoms with van der Waals surface area (Å²) in [5.74, 6) is -0.756. The van der Waals surface area contributed by atoms with Crippen LogP contribution in [0.15, 0.2) is 0 Å². The highest BCUT2D eigenvalue weighted by Crippen LogP contribution is 2.47. The molecule has 21 heavy (non-hydrogen) atoms. The second-order valence-corrected chi connectivity index (χ2v) is 7.32. The van der Waals surface area contributed by atoms with Crippen molar-refractivity contribution in [3.8, 4) is 0 Å². The van der Waals surface area contributed by atoms with Crippen molar-refractivity contribution in [2.24, 2.45) is 16.7 Å². The maximum Gasteiger partial charge on any atom is 0.317 e. The molecule has 1 unspecified atom stereocenters. The number of nitrogens with zero attached hydrogens (tertiary/aromatic N) is 1. The predicted octanol–water partition coefficient (Wildman–Crippen LogP) is 2.71. The number of rotatable bonds is 5. The zero-order chi connectivity index (χ0) is 15.7. The number of aliphatic carboxylic acids is 1. The molecule has 120 valence electrons. The summed E-state index contributed by atoms with van der Waals surface area (Å²) in [7, 11) is 0. The van der Waals surface area contributed by atoms with Gasteiger partial charge in [0, 0.05) is 19.6 Å². The van der Waals surface area contributed by atoms with Crippen LogP contribution in [-0.2, 0) is 4.79 Å². The maximum atomic E-state index is 12.3. The van der Waals surface area contributed by atoms with Gasteiger partial charge in [-0.15, -0.1) is 0 Å². The molecule has 2 rings (SSSR count). The average Bonchev–Trinajstić information content (AvgIpc) is 3.25. The van der Waals surface area contributed by atoms with E-state index in [2.05, 4.69) is 12.2 Å². The van der Waals surface area contributed by atoms with E-state index >= 15 is 0 Å². The number of nitrogens with one attached hydrogen (secondary N) is 1. The molecule has 0 radical (unpaired) electrons. The first-order valence-corrected chi connectivity index (χ1v) is 8.07. The fourth-order valence-electron chi connectivity index (χ4n) is 3.13. The monoisotopic (exact) mass is 296 g/mol. The molecule has 1 saturated carbocycles. The van der Waals surface area contributed by atoms with Gasteiger partial charge < -0.3 is 15.3 Å². The van der Waals surface area contributed by atoms with Crippen molar-refractivity contribution >= 4 is 12.0 Å². The Bertz CT molecular complexity index is 416. The largest absolute Gasteiger partial charge is 0.481 e. The topological polar surface area (TPSA) is 69.6 Å².